The number of thioether (sulfide) groups is 1. The SMILES string of the molecule is CSCCCCNC1=CC(=O)CC1. The van der Waals surface area contributed by atoms with E-state index in [2.05, 4.69) is 11.6 Å². The molecule has 1 N–H and O–H groups in total. The van der Waals surface area contributed by atoms with Gasteiger partial charge in [0.05, 0.1) is 0 Å². The van der Waals surface area contributed by atoms with Crippen molar-refractivity contribution in [1.29, 1.82) is 0 Å². The molecule has 0 unspecified atom stereocenters. The minimum absolute atomic E-state index is 0.270. The van der Waals surface area contributed by atoms with Crippen LogP contribution in [-0.4, -0.2) is 24.3 Å². The van der Waals surface area contributed by atoms with Crippen molar-refractivity contribution in [2.24, 2.45) is 0 Å². The first kappa shape index (κ1) is 10.6. The Kier molecular flexibility index (Phi) is 4.98. The largest absolute Gasteiger partial charge is 0.388 e. The van der Waals surface area contributed by atoms with E-state index in [1.54, 1.807) is 6.08 Å². The lowest BCUT2D eigenvalue weighted by molar-refractivity contribution is -0.114. The second-order valence-electron chi connectivity index (χ2n) is 3.26. The molecule has 0 saturated heterocycles. The first-order chi connectivity index (χ1) is 6.33. The van der Waals surface area contributed by atoms with E-state index in [1.165, 1.54) is 18.6 Å². The summed E-state index contributed by atoms with van der Waals surface area (Å²) in [5.74, 6) is 1.51. The van der Waals surface area contributed by atoms with Crippen molar-refractivity contribution in [3.8, 4) is 0 Å². The number of ketones is 1. The van der Waals surface area contributed by atoms with E-state index in [0.717, 1.165) is 18.7 Å². The van der Waals surface area contributed by atoms with Gasteiger partial charge in [0.2, 0.25) is 0 Å². The van der Waals surface area contributed by atoms with Gasteiger partial charge in [-0.05, 0) is 31.3 Å². The van der Waals surface area contributed by atoms with Crippen LogP contribution in [0, 0.1) is 0 Å². The molecule has 74 valence electrons. The number of hydrogen-bond donors (Lipinski definition) is 1. The van der Waals surface area contributed by atoms with Crippen LogP contribution in [0.3, 0.4) is 0 Å². The Morgan fingerprint density at radius 2 is 2.31 bits per heavy atom. The fourth-order valence-electron chi connectivity index (χ4n) is 1.36. The van der Waals surface area contributed by atoms with Gasteiger partial charge in [-0.15, -0.1) is 0 Å². The molecule has 0 aromatic rings. The zero-order chi connectivity index (χ0) is 9.52. The third-order valence-electron chi connectivity index (χ3n) is 2.10. The first-order valence-corrected chi connectivity index (χ1v) is 6.18. The molecule has 2 nitrogen and oxygen atoms in total. The maximum atomic E-state index is 10.9. The zero-order valence-electron chi connectivity index (χ0n) is 8.14. The van der Waals surface area contributed by atoms with Crippen molar-refractivity contribution >= 4 is 17.5 Å². The summed E-state index contributed by atoms with van der Waals surface area (Å²) in [7, 11) is 0. The lowest BCUT2D eigenvalue weighted by Crippen LogP contribution is -2.13. The Bertz CT molecular complexity index is 201. The lowest BCUT2D eigenvalue weighted by Gasteiger charge is -2.05. The topological polar surface area (TPSA) is 29.1 Å². The lowest BCUT2D eigenvalue weighted by atomic mass is 10.3. The summed E-state index contributed by atoms with van der Waals surface area (Å²) >= 11 is 1.89. The van der Waals surface area contributed by atoms with E-state index < -0.39 is 0 Å². The second kappa shape index (κ2) is 6.08. The van der Waals surface area contributed by atoms with Crippen LogP contribution in [0.5, 0.6) is 0 Å². The van der Waals surface area contributed by atoms with Crippen molar-refractivity contribution in [2.75, 3.05) is 18.6 Å². The molecule has 0 aromatic heterocycles. The second-order valence-corrected chi connectivity index (χ2v) is 4.25. The van der Waals surface area contributed by atoms with Crippen molar-refractivity contribution in [3.05, 3.63) is 11.8 Å². The number of rotatable bonds is 6. The van der Waals surface area contributed by atoms with Gasteiger partial charge < -0.3 is 5.32 Å². The van der Waals surface area contributed by atoms with Gasteiger partial charge in [-0.1, -0.05) is 0 Å². The Morgan fingerprint density at radius 3 is 2.92 bits per heavy atom. The summed E-state index contributed by atoms with van der Waals surface area (Å²) in [6.07, 6.45) is 7.95. The van der Waals surface area contributed by atoms with E-state index >= 15 is 0 Å². The molecule has 0 atom stereocenters. The fraction of sp³-hybridized carbons (Fsp3) is 0.700. The average molecular weight is 199 g/mol. The highest BCUT2D eigenvalue weighted by molar-refractivity contribution is 7.98. The van der Waals surface area contributed by atoms with E-state index in [0.29, 0.717) is 6.42 Å². The molecule has 0 spiro atoms. The summed E-state index contributed by atoms with van der Waals surface area (Å²) in [6.45, 7) is 1.01. The van der Waals surface area contributed by atoms with Crippen LogP contribution < -0.4 is 5.32 Å². The molecule has 0 aromatic carbocycles. The van der Waals surface area contributed by atoms with Crippen molar-refractivity contribution < 1.29 is 4.79 Å². The molecule has 0 amide bonds. The highest BCUT2D eigenvalue weighted by Gasteiger charge is 2.10. The first-order valence-electron chi connectivity index (χ1n) is 4.79. The maximum Gasteiger partial charge on any atom is 0.157 e. The van der Waals surface area contributed by atoms with Crippen LogP contribution in [0.15, 0.2) is 11.8 Å². The van der Waals surface area contributed by atoms with Crippen LogP contribution in [0.4, 0.5) is 0 Å². The molecular weight excluding hydrogens is 182 g/mol. The van der Waals surface area contributed by atoms with Gasteiger partial charge in [0.1, 0.15) is 0 Å². The Balaban J connectivity index is 2.00. The Morgan fingerprint density at radius 1 is 1.46 bits per heavy atom. The summed E-state index contributed by atoms with van der Waals surface area (Å²) in [4.78, 5) is 10.9. The molecule has 0 bridgehead atoms. The standard InChI is InChI=1S/C10H17NOS/c1-13-7-3-2-6-11-9-4-5-10(12)8-9/h8,11H,2-7H2,1H3. The molecule has 1 rings (SSSR count). The smallest absolute Gasteiger partial charge is 0.157 e. The third kappa shape index (κ3) is 4.36. The third-order valence-corrected chi connectivity index (χ3v) is 2.80. The Labute approximate surface area is 84.2 Å². The van der Waals surface area contributed by atoms with Gasteiger partial charge >= 0.3 is 0 Å². The van der Waals surface area contributed by atoms with Crippen LogP contribution in [0.25, 0.3) is 0 Å². The van der Waals surface area contributed by atoms with Crippen molar-refractivity contribution in [1.82, 2.24) is 5.32 Å². The molecular formula is C10H17NOS. The molecule has 0 saturated carbocycles. The monoisotopic (exact) mass is 199 g/mol. The van der Waals surface area contributed by atoms with Crippen molar-refractivity contribution in [3.63, 3.8) is 0 Å². The number of hydrogen-bond acceptors (Lipinski definition) is 3. The van der Waals surface area contributed by atoms with Gasteiger partial charge in [-0.25, -0.2) is 0 Å². The van der Waals surface area contributed by atoms with Gasteiger partial charge in [0, 0.05) is 24.7 Å². The molecule has 13 heavy (non-hydrogen) atoms. The van der Waals surface area contributed by atoms with Gasteiger partial charge in [-0.2, -0.15) is 11.8 Å². The molecule has 0 heterocycles. The molecule has 0 aliphatic heterocycles. The van der Waals surface area contributed by atoms with Crippen molar-refractivity contribution in [2.45, 2.75) is 25.7 Å². The number of allylic oxidation sites excluding steroid dienone is 2. The van der Waals surface area contributed by atoms with E-state index in [-0.39, 0.29) is 5.78 Å². The van der Waals surface area contributed by atoms with Crippen LogP contribution >= 0.6 is 11.8 Å². The minimum atomic E-state index is 0.270. The van der Waals surface area contributed by atoms with Gasteiger partial charge in [0.25, 0.3) is 0 Å². The molecule has 0 radical (unpaired) electrons. The number of unbranched alkanes of at least 4 members (excludes halogenated alkanes) is 1. The number of nitrogens with one attached hydrogen (secondary N) is 1. The Hall–Kier alpha value is -0.440. The molecule has 3 heteroatoms. The van der Waals surface area contributed by atoms with E-state index in [1.807, 2.05) is 11.8 Å². The maximum absolute atomic E-state index is 10.9. The number of carbonyl (C=O) groups excluding carboxylic acids is 1. The quantitative estimate of drug-likeness (QED) is 0.663. The van der Waals surface area contributed by atoms with Crippen LogP contribution in [0.1, 0.15) is 25.7 Å². The van der Waals surface area contributed by atoms with Gasteiger partial charge in [-0.3, -0.25) is 4.79 Å². The fourth-order valence-corrected chi connectivity index (χ4v) is 1.85. The number of carbonyl (C=O) groups is 1. The summed E-state index contributed by atoms with van der Waals surface area (Å²) < 4.78 is 0. The van der Waals surface area contributed by atoms with E-state index in [9.17, 15) is 4.79 Å². The normalized spacial score (nSPS) is 16.1. The predicted molar refractivity (Wildman–Crippen MR) is 57.9 cm³/mol. The van der Waals surface area contributed by atoms with Gasteiger partial charge in [0.15, 0.2) is 5.78 Å². The summed E-state index contributed by atoms with van der Waals surface area (Å²) in [6, 6.07) is 0. The predicted octanol–water partition coefficient (Wildman–Crippen LogP) is 1.97. The summed E-state index contributed by atoms with van der Waals surface area (Å²) in [5, 5.41) is 3.30. The highest BCUT2D eigenvalue weighted by Crippen LogP contribution is 2.11. The molecule has 1 aliphatic carbocycles. The summed E-state index contributed by atoms with van der Waals surface area (Å²) in [5.41, 5.74) is 1.13. The average Bonchev–Trinajstić information content (AvgIpc) is 2.51. The zero-order valence-corrected chi connectivity index (χ0v) is 8.95. The van der Waals surface area contributed by atoms with Crippen LogP contribution in [-0.2, 0) is 4.79 Å². The van der Waals surface area contributed by atoms with E-state index in [4.69, 9.17) is 0 Å². The highest BCUT2D eigenvalue weighted by atomic mass is 32.2. The molecule has 1 aliphatic rings. The minimum Gasteiger partial charge on any atom is -0.388 e. The van der Waals surface area contributed by atoms with Crippen LogP contribution in [0.2, 0.25) is 0 Å². The molecule has 0 fully saturated rings.